The van der Waals surface area contributed by atoms with Gasteiger partial charge in [-0.1, -0.05) is 30.3 Å². The largest absolute Gasteiger partial charge is 0.382 e. The molecular formula is C12H12N4O. The molecule has 0 saturated heterocycles. The highest BCUT2D eigenvalue weighted by Crippen LogP contribution is 2.21. The Bertz CT molecular complexity index is 566. The van der Waals surface area contributed by atoms with Gasteiger partial charge in [0.05, 0.1) is 11.4 Å². The number of carbonyl (C=O) groups is 1. The van der Waals surface area contributed by atoms with Crippen LogP contribution in [0.25, 0.3) is 11.3 Å². The van der Waals surface area contributed by atoms with Gasteiger partial charge in [0, 0.05) is 5.56 Å². The summed E-state index contributed by atoms with van der Waals surface area (Å²) in [5.41, 5.74) is 13.0. The summed E-state index contributed by atoms with van der Waals surface area (Å²) in [6.45, 7) is 1.77. The van der Waals surface area contributed by atoms with Crippen LogP contribution in [-0.2, 0) is 0 Å². The second-order valence-electron chi connectivity index (χ2n) is 3.62. The van der Waals surface area contributed by atoms with Gasteiger partial charge < -0.3 is 11.5 Å². The van der Waals surface area contributed by atoms with E-state index in [2.05, 4.69) is 9.97 Å². The molecule has 1 aromatic heterocycles. The van der Waals surface area contributed by atoms with Gasteiger partial charge in [0.2, 0.25) is 0 Å². The first-order valence-electron chi connectivity index (χ1n) is 5.09. The van der Waals surface area contributed by atoms with Crippen molar-refractivity contribution in [3.05, 3.63) is 41.7 Å². The molecule has 5 heteroatoms. The molecule has 4 N–H and O–H groups in total. The molecule has 0 unspecified atom stereocenters. The smallest absolute Gasteiger partial charge is 0.271 e. The van der Waals surface area contributed by atoms with Crippen molar-refractivity contribution in [1.29, 1.82) is 0 Å². The molecule has 0 spiro atoms. The van der Waals surface area contributed by atoms with Crippen LogP contribution in [0.4, 0.5) is 5.82 Å². The molecule has 0 saturated carbocycles. The third kappa shape index (κ3) is 2.08. The SMILES string of the molecule is Cc1nc(C(N)=O)c(N)nc1-c1ccccc1. The van der Waals surface area contributed by atoms with Crippen molar-refractivity contribution in [2.75, 3.05) is 5.73 Å². The molecule has 0 radical (unpaired) electrons. The number of amides is 1. The van der Waals surface area contributed by atoms with E-state index in [1.165, 1.54) is 0 Å². The summed E-state index contributed by atoms with van der Waals surface area (Å²) in [5, 5.41) is 0. The van der Waals surface area contributed by atoms with E-state index in [-0.39, 0.29) is 11.5 Å². The van der Waals surface area contributed by atoms with Gasteiger partial charge >= 0.3 is 0 Å². The molecule has 17 heavy (non-hydrogen) atoms. The van der Waals surface area contributed by atoms with Gasteiger partial charge in [0.25, 0.3) is 5.91 Å². The van der Waals surface area contributed by atoms with Crippen LogP contribution in [0.5, 0.6) is 0 Å². The van der Waals surface area contributed by atoms with Gasteiger partial charge in [-0.3, -0.25) is 4.79 Å². The lowest BCUT2D eigenvalue weighted by Crippen LogP contribution is -2.17. The van der Waals surface area contributed by atoms with Crippen LogP contribution in [0.3, 0.4) is 0 Å². The minimum atomic E-state index is -0.669. The first kappa shape index (κ1) is 11.1. The average molecular weight is 228 g/mol. The van der Waals surface area contributed by atoms with E-state index in [4.69, 9.17) is 11.5 Å². The highest BCUT2D eigenvalue weighted by atomic mass is 16.1. The summed E-state index contributed by atoms with van der Waals surface area (Å²) in [7, 11) is 0. The molecule has 1 amide bonds. The zero-order valence-electron chi connectivity index (χ0n) is 9.34. The van der Waals surface area contributed by atoms with Gasteiger partial charge in [0.1, 0.15) is 0 Å². The fourth-order valence-electron chi connectivity index (χ4n) is 1.58. The monoisotopic (exact) mass is 228 g/mol. The minimum Gasteiger partial charge on any atom is -0.382 e. The Hall–Kier alpha value is -2.43. The summed E-state index contributed by atoms with van der Waals surface area (Å²) in [6.07, 6.45) is 0. The molecule has 1 heterocycles. The van der Waals surface area contributed by atoms with Crippen molar-refractivity contribution >= 4 is 11.7 Å². The number of hydrogen-bond acceptors (Lipinski definition) is 4. The molecule has 2 aromatic rings. The fourth-order valence-corrected chi connectivity index (χ4v) is 1.58. The van der Waals surface area contributed by atoms with Gasteiger partial charge in [0.15, 0.2) is 11.5 Å². The van der Waals surface area contributed by atoms with Crippen molar-refractivity contribution in [3.8, 4) is 11.3 Å². The Kier molecular flexibility index (Phi) is 2.74. The third-order valence-electron chi connectivity index (χ3n) is 2.38. The molecule has 2 rings (SSSR count). The summed E-state index contributed by atoms with van der Waals surface area (Å²) in [6, 6.07) is 9.51. The third-order valence-corrected chi connectivity index (χ3v) is 2.38. The zero-order valence-corrected chi connectivity index (χ0v) is 9.34. The minimum absolute atomic E-state index is 0.0159. The van der Waals surface area contributed by atoms with E-state index in [1.54, 1.807) is 6.92 Å². The normalized spacial score (nSPS) is 10.2. The lowest BCUT2D eigenvalue weighted by Gasteiger charge is -2.07. The van der Waals surface area contributed by atoms with Crippen molar-refractivity contribution in [3.63, 3.8) is 0 Å². The number of rotatable bonds is 2. The molecule has 1 aromatic carbocycles. The zero-order chi connectivity index (χ0) is 12.4. The van der Waals surface area contributed by atoms with Crippen molar-refractivity contribution < 1.29 is 4.79 Å². The van der Waals surface area contributed by atoms with Crippen LogP contribution in [-0.4, -0.2) is 15.9 Å². The molecule has 0 aliphatic heterocycles. The summed E-state index contributed by atoms with van der Waals surface area (Å²) in [5.74, 6) is -0.611. The molecular weight excluding hydrogens is 216 g/mol. The molecule has 0 atom stereocenters. The van der Waals surface area contributed by atoms with E-state index < -0.39 is 5.91 Å². The van der Waals surface area contributed by atoms with E-state index in [9.17, 15) is 4.79 Å². The highest BCUT2D eigenvalue weighted by Gasteiger charge is 2.13. The standard InChI is InChI=1S/C12H12N4O/c1-7-9(8-5-3-2-4-6-8)16-11(13)10(15-7)12(14)17/h2-6H,1H3,(H2,13,16)(H2,14,17). The number of hydrogen-bond donors (Lipinski definition) is 2. The highest BCUT2D eigenvalue weighted by molar-refractivity contribution is 5.95. The Morgan fingerprint density at radius 1 is 1.18 bits per heavy atom. The number of benzene rings is 1. The number of aromatic nitrogens is 2. The summed E-state index contributed by atoms with van der Waals surface area (Å²) >= 11 is 0. The van der Waals surface area contributed by atoms with E-state index in [0.717, 1.165) is 5.56 Å². The van der Waals surface area contributed by atoms with Crippen LogP contribution in [0.1, 0.15) is 16.2 Å². The van der Waals surface area contributed by atoms with E-state index in [1.807, 2.05) is 30.3 Å². The molecule has 86 valence electrons. The maximum absolute atomic E-state index is 11.1. The second kappa shape index (κ2) is 4.21. The molecule has 5 nitrogen and oxygen atoms in total. The van der Waals surface area contributed by atoms with Gasteiger partial charge in [-0.2, -0.15) is 0 Å². The first-order chi connectivity index (χ1) is 8.09. The topological polar surface area (TPSA) is 94.9 Å². The number of nitrogens with two attached hydrogens (primary N) is 2. The lowest BCUT2D eigenvalue weighted by molar-refractivity contribution is 0.0996. The van der Waals surface area contributed by atoms with Gasteiger partial charge in [-0.25, -0.2) is 9.97 Å². The van der Waals surface area contributed by atoms with E-state index in [0.29, 0.717) is 11.4 Å². The number of carbonyl (C=O) groups excluding carboxylic acids is 1. The maximum Gasteiger partial charge on any atom is 0.271 e. The van der Waals surface area contributed by atoms with E-state index >= 15 is 0 Å². The number of primary amides is 1. The van der Waals surface area contributed by atoms with Crippen LogP contribution < -0.4 is 11.5 Å². The second-order valence-corrected chi connectivity index (χ2v) is 3.62. The van der Waals surface area contributed by atoms with Gasteiger partial charge in [-0.05, 0) is 6.92 Å². The maximum atomic E-state index is 11.1. The first-order valence-corrected chi connectivity index (χ1v) is 5.09. The quantitative estimate of drug-likeness (QED) is 0.805. The number of nitrogens with zero attached hydrogens (tertiary/aromatic N) is 2. The van der Waals surface area contributed by atoms with Crippen molar-refractivity contribution in [2.45, 2.75) is 6.92 Å². The predicted molar refractivity (Wildman–Crippen MR) is 65.1 cm³/mol. The summed E-state index contributed by atoms with van der Waals surface area (Å²) < 4.78 is 0. The Labute approximate surface area is 98.5 Å². The lowest BCUT2D eigenvalue weighted by atomic mass is 10.1. The number of aryl methyl sites for hydroxylation is 1. The Balaban J connectivity index is 2.58. The Morgan fingerprint density at radius 3 is 2.41 bits per heavy atom. The van der Waals surface area contributed by atoms with Gasteiger partial charge in [-0.15, -0.1) is 0 Å². The van der Waals surface area contributed by atoms with Crippen LogP contribution in [0.15, 0.2) is 30.3 Å². The fraction of sp³-hybridized carbons (Fsp3) is 0.0833. The van der Waals surface area contributed by atoms with Crippen LogP contribution in [0, 0.1) is 6.92 Å². The molecule has 0 aliphatic rings. The number of anilines is 1. The Morgan fingerprint density at radius 2 is 1.82 bits per heavy atom. The van der Waals surface area contributed by atoms with Crippen LogP contribution in [0.2, 0.25) is 0 Å². The summed E-state index contributed by atoms with van der Waals surface area (Å²) in [4.78, 5) is 19.3. The predicted octanol–water partition coefficient (Wildman–Crippen LogP) is 1.13. The molecule has 0 aliphatic carbocycles. The average Bonchev–Trinajstić information content (AvgIpc) is 2.32. The van der Waals surface area contributed by atoms with Crippen molar-refractivity contribution in [2.24, 2.45) is 5.73 Å². The molecule has 0 bridgehead atoms. The molecule has 0 fully saturated rings. The number of nitrogen functional groups attached to an aromatic ring is 1. The van der Waals surface area contributed by atoms with Crippen molar-refractivity contribution in [1.82, 2.24) is 9.97 Å². The van der Waals surface area contributed by atoms with Crippen LogP contribution >= 0.6 is 0 Å².